The molecular formula is C15H30N2O. The Morgan fingerprint density at radius 2 is 2.00 bits per heavy atom. The van der Waals surface area contributed by atoms with Gasteiger partial charge in [0.25, 0.3) is 0 Å². The summed E-state index contributed by atoms with van der Waals surface area (Å²) < 4.78 is 0. The molecule has 18 heavy (non-hydrogen) atoms. The van der Waals surface area contributed by atoms with Crippen molar-refractivity contribution in [3.8, 4) is 0 Å². The first-order valence-corrected chi connectivity index (χ1v) is 7.62. The number of hydrogen-bond donors (Lipinski definition) is 2. The minimum atomic E-state index is -0.120. The predicted octanol–water partition coefficient (Wildman–Crippen LogP) is 2.00. The van der Waals surface area contributed by atoms with Crippen LogP contribution in [0.15, 0.2) is 0 Å². The molecule has 2 aliphatic carbocycles. The van der Waals surface area contributed by atoms with Gasteiger partial charge in [0.05, 0.1) is 6.10 Å². The molecule has 2 aliphatic rings. The lowest BCUT2D eigenvalue weighted by atomic mass is 9.75. The van der Waals surface area contributed by atoms with Gasteiger partial charge in [0.1, 0.15) is 0 Å². The summed E-state index contributed by atoms with van der Waals surface area (Å²) in [6.45, 7) is 3.41. The molecule has 4 unspecified atom stereocenters. The van der Waals surface area contributed by atoms with Crippen molar-refractivity contribution in [3.05, 3.63) is 0 Å². The van der Waals surface area contributed by atoms with E-state index in [0.717, 1.165) is 25.3 Å². The van der Waals surface area contributed by atoms with Crippen LogP contribution in [0.1, 0.15) is 51.9 Å². The highest BCUT2D eigenvalue weighted by Gasteiger charge is 2.38. The van der Waals surface area contributed by atoms with Gasteiger partial charge in [-0.05, 0) is 52.1 Å². The summed E-state index contributed by atoms with van der Waals surface area (Å²) >= 11 is 0. The molecule has 2 fully saturated rings. The maximum Gasteiger partial charge on any atom is 0.0693 e. The zero-order valence-electron chi connectivity index (χ0n) is 12.3. The van der Waals surface area contributed by atoms with E-state index < -0.39 is 0 Å². The van der Waals surface area contributed by atoms with Crippen LogP contribution in [0.5, 0.6) is 0 Å². The molecule has 3 heteroatoms. The van der Waals surface area contributed by atoms with Gasteiger partial charge in [0.2, 0.25) is 0 Å². The van der Waals surface area contributed by atoms with Crippen molar-refractivity contribution in [1.82, 2.24) is 10.2 Å². The van der Waals surface area contributed by atoms with E-state index in [1.165, 1.54) is 32.1 Å². The van der Waals surface area contributed by atoms with Crippen molar-refractivity contribution in [3.63, 3.8) is 0 Å². The van der Waals surface area contributed by atoms with Crippen LogP contribution < -0.4 is 5.32 Å². The topological polar surface area (TPSA) is 35.5 Å². The largest absolute Gasteiger partial charge is 0.392 e. The van der Waals surface area contributed by atoms with Crippen molar-refractivity contribution < 1.29 is 5.11 Å². The third-order valence-corrected chi connectivity index (χ3v) is 5.19. The Morgan fingerprint density at radius 3 is 2.56 bits per heavy atom. The summed E-state index contributed by atoms with van der Waals surface area (Å²) in [4.78, 5) is 2.41. The van der Waals surface area contributed by atoms with Crippen molar-refractivity contribution in [2.75, 3.05) is 20.6 Å². The second-order valence-corrected chi connectivity index (χ2v) is 6.81. The highest BCUT2D eigenvalue weighted by atomic mass is 16.3. The third kappa shape index (κ3) is 3.06. The number of rotatable bonds is 4. The molecule has 0 amide bonds. The molecule has 2 rings (SSSR count). The monoisotopic (exact) mass is 254 g/mol. The van der Waals surface area contributed by atoms with E-state index in [2.05, 4.69) is 31.2 Å². The van der Waals surface area contributed by atoms with Gasteiger partial charge in [-0.3, -0.25) is 0 Å². The molecule has 0 saturated heterocycles. The van der Waals surface area contributed by atoms with Crippen LogP contribution in [0.4, 0.5) is 0 Å². The Hall–Kier alpha value is -0.120. The first-order chi connectivity index (χ1) is 8.53. The van der Waals surface area contributed by atoms with E-state index >= 15 is 0 Å². The van der Waals surface area contributed by atoms with Crippen LogP contribution >= 0.6 is 0 Å². The fraction of sp³-hybridized carbons (Fsp3) is 1.00. The second kappa shape index (κ2) is 5.89. The molecule has 4 atom stereocenters. The summed E-state index contributed by atoms with van der Waals surface area (Å²) in [5.41, 5.74) is 0.306. The van der Waals surface area contributed by atoms with E-state index in [9.17, 15) is 5.11 Å². The Kier molecular flexibility index (Phi) is 4.68. The van der Waals surface area contributed by atoms with Crippen molar-refractivity contribution in [1.29, 1.82) is 0 Å². The van der Waals surface area contributed by atoms with E-state index in [-0.39, 0.29) is 6.10 Å². The number of nitrogens with zero attached hydrogens (tertiary/aromatic N) is 1. The summed E-state index contributed by atoms with van der Waals surface area (Å²) in [7, 11) is 4.43. The first-order valence-electron chi connectivity index (χ1n) is 7.62. The second-order valence-electron chi connectivity index (χ2n) is 6.81. The number of nitrogens with one attached hydrogen (secondary N) is 1. The minimum Gasteiger partial charge on any atom is -0.392 e. The molecule has 0 aromatic carbocycles. The molecule has 0 aromatic rings. The van der Waals surface area contributed by atoms with Gasteiger partial charge in [-0.1, -0.05) is 19.8 Å². The maximum absolute atomic E-state index is 9.92. The van der Waals surface area contributed by atoms with Gasteiger partial charge < -0.3 is 15.3 Å². The summed E-state index contributed by atoms with van der Waals surface area (Å²) in [5, 5.41) is 13.6. The SMILES string of the molecule is CC1CCCC(CNC2CCCC2O)(N(C)C)C1. The average Bonchev–Trinajstić information content (AvgIpc) is 2.72. The van der Waals surface area contributed by atoms with Crippen LogP contribution in [0.3, 0.4) is 0 Å². The molecule has 0 bridgehead atoms. The molecule has 2 N–H and O–H groups in total. The van der Waals surface area contributed by atoms with E-state index in [0.29, 0.717) is 11.6 Å². The zero-order valence-corrected chi connectivity index (χ0v) is 12.3. The molecule has 0 heterocycles. The summed E-state index contributed by atoms with van der Waals surface area (Å²) in [6, 6.07) is 0.332. The van der Waals surface area contributed by atoms with Crippen LogP contribution in [-0.2, 0) is 0 Å². The van der Waals surface area contributed by atoms with E-state index in [1.54, 1.807) is 0 Å². The molecular weight excluding hydrogens is 224 g/mol. The van der Waals surface area contributed by atoms with Gasteiger partial charge in [-0.15, -0.1) is 0 Å². The van der Waals surface area contributed by atoms with Crippen LogP contribution in [0.25, 0.3) is 0 Å². The fourth-order valence-electron chi connectivity index (χ4n) is 3.86. The van der Waals surface area contributed by atoms with Gasteiger partial charge in [0, 0.05) is 18.1 Å². The summed E-state index contributed by atoms with van der Waals surface area (Å²) in [5.74, 6) is 0.830. The van der Waals surface area contributed by atoms with Gasteiger partial charge in [-0.2, -0.15) is 0 Å². The first kappa shape index (κ1) is 14.3. The highest BCUT2D eigenvalue weighted by molar-refractivity contribution is 4.96. The maximum atomic E-state index is 9.92. The number of likely N-dealkylation sites (N-methyl/N-ethyl adjacent to an activating group) is 1. The Bertz CT molecular complexity index is 269. The quantitative estimate of drug-likeness (QED) is 0.805. The smallest absolute Gasteiger partial charge is 0.0693 e. The van der Waals surface area contributed by atoms with Crippen molar-refractivity contribution in [2.24, 2.45) is 5.92 Å². The van der Waals surface area contributed by atoms with E-state index in [1.807, 2.05) is 0 Å². The lowest BCUT2D eigenvalue weighted by Crippen LogP contribution is -2.56. The molecule has 106 valence electrons. The lowest BCUT2D eigenvalue weighted by Gasteiger charge is -2.46. The number of aliphatic hydroxyl groups is 1. The fourth-order valence-corrected chi connectivity index (χ4v) is 3.86. The predicted molar refractivity (Wildman–Crippen MR) is 75.7 cm³/mol. The van der Waals surface area contributed by atoms with Gasteiger partial charge in [-0.25, -0.2) is 0 Å². The van der Waals surface area contributed by atoms with Crippen LogP contribution in [0, 0.1) is 5.92 Å². The minimum absolute atomic E-state index is 0.120. The normalized spacial score (nSPS) is 41.5. The Balaban J connectivity index is 1.93. The van der Waals surface area contributed by atoms with Crippen molar-refractivity contribution in [2.45, 2.75) is 69.6 Å². The molecule has 0 radical (unpaired) electrons. The van der Waals surface area contributed by atoms with Crippen LogP contribution in [0.2, 0.25) is 0 Å². The average molecular weight is 254 g/mol. The number of hydrogen-bond acceptors (Lipinski definition) is 3. The lowest BCUT2D eigenvalue weighted by molar-refractivity contribution is 0.0638. The standard InChI is InChI=1S/C15H30N2O/c1-12-6-5-9-15(10-12,17(2)3)11-16-13-7-4-8-14(13)18/h12-14,16,18H,4-11H2,1-3H3. The van der Waals surface area contributed by atoms with E-state index in [4.69, 9.17) is 0 Å². The molecule has 0 spiro atoms. The third-order valence-electron chi connectivity index (χ3n) is 5.19. The van der Waals surface area contributed by atoms with Gasteiger partial charge >= 0.3 is 0 Å². The zero-order chi connectivity index (χ0) is 13.2. The Morgan fingerprint density at radius 1 is 1.22 bits per heavy atom. The molecule has 2 saturated carbocycles. The molecule has 0 aliphatic heterocycles. The highest BCUT2D eigenvalue weighted by Crippen LogP contribution is 2.35. The molecule has 3 nitrogen and oxygen atoms in total. The van der Waals surface area contributed by atoms with Gasteiger partial charge in [0.15, 0.2) is 0 Å². The van der Waals surface area contributed by atoms with Crippen molar-refractivity contribution >= 4 is 0 Å². The molecule has 0 aromatic heterocycles. The summed E-state index contributed by atoms with van der Waals surface area (Å²) in [6.07, 6.45) is 8.46. The number of aliphatic hydroxyl groups excluding tert-OH is 1. The Labute approximate surface area is 112 Å². The van der Waals surface area contributed by atoms with Crippen LogP contribution in [-0.4, -0.2) is 48.3 Å².